The predicted octanol–water partition coefficient (Wildman–Crippen LogP) is 3.80. The standard InChI is InChI=1S/C15H9N3O3S/c19-13(12-7-9-3-1-2-4-11(9)20-12)16-15-18-17-14(21-15)10-5-6-22-8-10/h1-8H,(H,16,18,19). The van der Waals surface area contributed by atoms with Crippen LogP contribution in [0.5, 0.6) is 0 Å². The van der Waals surface area contributed by atoms with Crippen LogP contribution in [0.4, 0.5) is 6.01 Å². The lowest BCUT2D eigenvalue weighted by Gasteiger charge is -1.95. The molecule has 22 heavy (non-hydrogen) atoms. The first-order chi connectivity index (χ1) is 10.8. The van der Waals surface area contributed by atoms with E-state index in [2.05, 4.69) is 15.5 Å². The van der Waals surface area contributed by atoms with E-state index in [1.807, 2.05) is 35.0 Å². The van der Waals surface area contributed by atoms with E-state index in [-0.39, 0.29) is 11.8 Å². The Balaban J connectivity index is 1.56. The minimum Gasteiger partial charge on any atom is -0.451 e. The summed E-state index contributed by atoms with van der Waals surface area (Å²) >= 11 is 1.53. The lowest BCUT2D eigenvalue weighted by atomic mass is 10.2. The largest absolute Gasteiger partial charge is 0.451 e. The van der Waals surface area contributed by atoms with E-state index in [4.69, 9.17) is 8.83 Å². The van der Waals surface area contributed by atoms with Crippen LogP contribution >= 0.6 is 11.3 Å². The fourth-order valence-electron chi connectivity index (χ4n) is 2.03. The van der Waals surface area contributed by atoms with Crippen LogP contribution in [0.1, 0.15) is 10.6 Å². The Hall–Kier alpha value is -2.93. The van der Waals surface area contributed by atoms with Gasteiger partial charge in [0.15, 0.2) is 5.76 Å². The molecule has 0 saturated heterocycles. The van der Waals surface area contributed by atoms with Crippen LogP contribution in [0.25, 0.3) is 22.4 Å². The van der Waals surface area contributed by atoms with Crippen molar-refractivity contribution in [2.45, 2.75) is 0 Å². The Kier molecular flexibility index (Phi) is 2.97. The zero-order valence-corrected chi connectivity index (χ0v) is 12.0. The highest BCUT2D eigenvalue weighted by molar-refractivity contribution is 7.08. The number of benzene rings is 1. The predicted molar refractivity (Wildman–Crippen MR) is 81.8 cm³/mol. The van der Waals surface area contributed by atoms with E-state index in [0.29, 0.717) is 11.5 Å². The second kappa shape index (κ2) is 5.12. The van der Waals surface area contributed by atoms with Crippen molar-refractivity contribution >= 4 is 34.2 Å². The van der Waals surface area contributed by atoms with Gasteiger partial charge in [0.2, 0.25) is 0 Å². The fourth-order valence-corrected chi connectivity index (χ4v) is 2.66. The van der Waals surface area contributed by atoms with Crippen LogP contribution in [0.2, 0.25) is 0 Å². The maximum Gasteiger partial charge on any atom is 0.322 e. The van der Waals surface area contributed by atoms with Crippen LogP contribution in [0, 0.1) is 0 Å². The van der Waals surface area contributed by atoms with Gasteiger partial charge in [-0.3, -0.25) is 10.1 Å². The molecule has 1 N–H and O–H groups in total. The molecule has 108 valence electrons. The number of anilines is 1. The van der Waals surface area contributed by atoms with Crippen molar-refractivity contribution in [3.8, 4) is 11.5 Å². The Bertz CT molecular complexity index is 907. The van der Waals surface area contributed by atoms with Crippen molar-refractivity contribution in [2.75, 3.05) is 5.32 Å². The lowest BCUT2D eigenvalue weighted by Crippen LogP contribution is -2.10. The van der Waals surface area contributed by atoms with E-state index in [0.717, 1.165) is 10.9 Å². The third-order valence-corrected chi connectivity index (χ3v) is 3.75. The Morgan fingerprint density at radius 2 is 2.05 bits per heavy atom. The molecule has 3 heterocycles. The number of rotatable bonds is 3. The van der Waals surface area contributed by atoms with Gasteiger partial charge in [-0.15, -0.1) is 5.10 Å². The maximum absolute atomic E-state index is 12.1. The maximum atomic E-state index is 12.1. The molecule has 6 nitrogen and oxygen atoms in total. The topological polar surface area (TPSA) is 81.2 Å². The normalized spacial score (nSPS) is 10.9. The summed E-state index contributed by atoms with van der Waals surface area (Å²) < 4.78 is 10.9. The van der Waals surface area contributed by atoms with Crippen LogP contribution < -0.4 is 5.32 Å². The summed E-state index contributed by atoms with van der Waals surface area (Å²) in [6.45, 7) is 0. The van der Waals surface area contributed by atoms with E-state index < -0.39 is 5.91 Å². The number of nitrogens with one attached hydrogen (secondary N) is 1. The summed E-state index contributed by atoms with van der Waals surface area (Å²) in [5, 5.41) is 14.9. The van der Waals surface area contributed by atoms with Crippen molar-refractivity contribution in [3.05, 3.63) is 52.9 Å². The summed E-state index contributed by atoms with van der Waals surface area (Å²) in [5.74, 6) is 0.120. The van der Waals surface area contributed by atoms with Crippen LogP contribution in [0.3, 0.4) is 0 Å². The molecule has 1 aromatic carbocycles. The van der Waals surface area contributed by atoms with Crippen molar-refractivity contribution in [1.29, 1.82) is 0 Å². The van der Waals surface area contributed by atoms with E-state index in [9.17, 15) is 4.79 Å². The van der Waals surface area contributed by atoms with Crippen LogP contribution in [0.15, 0.2) is 56.0 Å². The zero-order chi connectivity index (χ0) is 14.9. The first kappa shape index (κ1) is 12.8. The Labute approximate surface area is 128 Å². The second-order valence-electron chi connectivity index (χ2n) is 4.53. The van der Waals surface area contributed by atoms with Gasteiger partial charge in [0.25, 0.3) is 11.8 Å². The van der Waals surface area contributed by atoms with Gasteiger partial charge in [0, 0.05) is 16.3 Å². The van der Waals surface area contributed by atoms with Crippen LogP contribution in [-0.4, -0.2) is 16.1 Å². The average Bonchev–Trinajstić information content (AvgIpc) is 3.26. The molecule has 0 aliphatic heterocycles. The molecule has 0 saturated carbocycles. The van der Waals surface area contributed by atoms with Gasteiger partial charge >= 0.3 is 6.01 Å². The van der Waals surface area contributed by atoms with E-state index in [1.165, 1.54) is 11.3 Å². The second-order valence-corrected chi connectivity index (χ2v) is 5.31. The number of aromatic nitrogens is 2. The number of hydrogen-bond acceptors (Lipinski definition) is 6. The molecular weight excluding hydrogens is 302 g/mol. The van der Waals surface area contributed by atoms with Crippen LogP contribution in [-0.2, 0) is 0 Å². The fraction of sp³-hybridized carbons (Fsp3) is 0. The summed E-state index contributed by atoms with van der Waals surface area (Å²) in [4.78, 5) is 12.1. The van der Waals surface area contributed by atoms with E-state index in [1.54, 1.807) is 12.1 Å². The minimum atomic E-state index is -0.434. The molecule has 1 amide bonds. The summed E-state index contributed by atoms with van der Waals surface area (Å²) in [7, 11) is 0. The molecule has 0 aliphatic rings. The first-order valence-electron chi connectivity index (χ1n) is 6.45. The Morgan fingerprint density at radius 1 is 1.14 bits per heavy atom. The highest BCUT2D eigenvalue weighted by atomic mass is 32.1. The van der Waals surface area contributed by atoms with Gasteiger partial charge in [-0.1, -0.05) is 23.3 Å². The Morgan fingerprint density at radius 3 is 2.86 bits per heavy atom. The molecule has 0 aliphatic carbocycles. The number of carbonyl (C=O) groups excluding carboxylic acids is 1. The highest BCUT2D eigenvalue weighted by Gasteiger charge is 2.16. The van der Waals surface area contributed by atoms with Gasteiger partial charge in [-0.2, -0.15) is 11.3 Å². The minimum absolute atomic E-state index is 0.0339. The molecule has 0 spiro atoms. The third kappa shape index (κ3) is 2.27. The number of amides is 1. The molecule has 0 atom stereocenters. The summed E-state index contributed by atoms with van der Waals surface area (Å²) in [6.07, 6.45) is 0. The van der Waals surface area contributed by atoms with Crippen molar-refractivity contribution < 1.29 is 13.6 Å². The number of furan rings is 1. The highest BCUT2D eigenvalue weighted by Crippen LogP contribution is 2.23. The average molecular weight is 311 g/mol. The first-order valence-corrected chi connectivity index (χ1v) is 7.40. The van der Waals surface area contributed by atoms with Crippen molar-refractivity contribution in [2.24, 2.45) is 0 Å². The monoisotopic (exact) mass is 311 g/mol. The van der Waals surface area contributed by atoms with Crippen molar-refractivity contribution in [1.82, 2.24) is 10.2 Å². The van der Waals surface area contributed by atoms with Crippen molar-refractivity contribution in [3.63, 3.8) is 0 Å². The van der Waals surface area contributed by atoms with Gasteiger partial charge < -0.3 is 8.83 Å². The molecule has 7 heteroatoms. The molecule has 0 radical (unpaired) electrons. The molecule has 4 aromatic rings. The number of carbonyl (C=O) groups is 1. The zero-order valence-electron chi connectivity index (χ0n) is 11.1. The van der Waals surface area contributed by atoms with E-state index >= 15 is 0 Å². The summed E-state index contributed by atoms with van der Waals surface area (Å²) in [6, 6.07) is 11.0. The number of thiophene rings is 1. The third-order valence-electron chi connectivity index (χ3n) is 3.06. The SMILES string of the molecule is O=C(Nc1nnc(-c2ccsc2)o1)c1cc2ccccc2o1. The molecule has 0 fully saturated rings. The van der Waals surface area contributed by atoms with Gasteiger partial charge in [0.1, 0.15) is 5.58 Å². The van der Waals surface area contributed by atoms with Gasteiger partial charge in [-0.05, 0) is 23.6 Å². The molecule has 3 aromatic heterocycles. The van der Waals surface area contributed by atoms with Gasteiger partial charge in [-0.25, -0.2) is 0 Å². The molecular formula is C15H9N3O3S. The number of nitrogens with zero attached hydrogens (tertiary/aromatic N) is 2. The number of para-hydroxylation sites is 1. The number of hydrogen-bond donors (Lipinski definition) is 1. The molecule has 0 unspecified atom stereocenters. The molecule has 0 bridgehead atoms. The van der Waals surface area contributed by atoms with Gasteiger partial charge in [0.05, 0.1) is 0 Å². The molecule has 4 rings (SSSR count). The summed E-state index contributed by atoms with van der Waals surface area (Å²) in [5.41, 5.74) is 1.47. The smallest absolute Gasteiger partial charge is 0.322 e. The lowest BCUT2D eigenvalue weighted by molar-refractivity contribution is 0.0996. The number of fused-ring (bicyclic) bond motifs is 1. The quantitative estimate of drug-likeness (QED) is 0.622.